The lowest BCUT2D eigenvalue weighted by molar-refractivity contribution is -0.126. The normalized spacial score (nSPS) is 17.8. The van der Waals surface area contributed by atoms with Crippen molar-refractivity contribution in [3.63, 3.8) is 0 Å². The molecule has 1 aliphatic heterocycles. The van der Waals surface area contributed by atoms with Crippen LogP contribution >= 0.6 is 12.4 Å². The van der Waals surface area contributed by atoms with Gasteiger partial charge in [0.25, 0.3) is 0 Å². The average molecular weight is 335 g/mol. The minimum atomic E-state index is -0.0712. The lowest BCUT2D eigenvalue weighted by atomic mass is 9.97. The number of nitrogens with zero attached hydrogens (tertiary/aromatic N) is 1. The van der Waals surface area contributed by atoms with E-state index in [1.165, 1.54) is 0 Å². The molecule has 1 atom stereocenters. The highest BCUT2D eigenvalue weighted by Crippen LogP contribution is 2.16. The van der Waals surface area contributed by atoms with Gasteiger partial charge in [-0.25, -0.2) is 4.79 Å². The van der Waals surface area contributed by atoms with E-state index in [4.69, 9.17) is 0 Å². The van der Waals surface area contributed by atoms with Crippen LogP contribution in [0.15, 0.2) is 0 Å². The Kier molecular flexibility index (Phi) is 11.0. The number of halogens is 1. The molecule has 22 heavy (non-hydrogen) atoms. The van der Waals surface area contributed by atoms with E-state index in [0.717, 1.165) is 32.4 Å². The van der Waals surface area contributed by atoms with E-state index in [1.807, 2.05) is 7.05 Å². The summed E-state index contributed by atoms with van der Waals surface area (Å²) >= 11 is 0. The van der Waals surface area contributed by atoms with Gasteiger partial charge in [0.15, 0.2) is 0 Å². The molecule has 0 radical (unpaired) electrons. The third kappa shape index (κ3) is 7.84. The summed E-state index contributed by atoms with van der Waals surface area (Å²) in [6.45, 7) is 7.67. The van der Waals surface area contributed by atoms with Crippen LogP contribution in [0.1, 0.15) is 33.1 Å². The van der Waals surface area contributed by atoms with Gasteiger partial charge < -0.3 is 20.9 Å². The molecule has 0 aromatic heterocycles. The van der Waals surface area contributed by atoms with Gasteiger partial charge in [-0.2, -0.15) is 0 Å². The first kappa shape index (κ1) is 21.0. The maximum Gasteiger partial charge on any atom is 0.317 e. The van der Waals surface area contributed by atoms with Crippen LogP contribution in [0.5, 0.6) is 0 Å². The highest BCUT2D eigenvalue weighted by atomic mass is 35.5. The molecule has 0 bridgehead atoms. The number of amides is 3. The molecule has 0 spiro atoms. The number of likely N-dealkylation sites (tertiary alicyclic amines) is 1. The van der Waals surface area contributed by atoms with Gasteiger partial charge in [-0.05, 0) is 38.8 Å². The van der Waals surface area contributed by atoms with Gasteiger partial charge in [-0.3, -0.25) is 4.79 Å². The highest BCUT2D eigenvalue weighted by Gasteiger charge is 2.28. The topological polar surface area (TPSA) is 73.5 Å². The summed E-state index contributed by atoms with van der Waals surface area (Å²) < 4.78 is 0. The summed E-state index contributed by atoms with van der Waals surface area (Å²) in [4.78, 5) is 25.9. The largest absolute Gasteiger partial charge is 0.356 e. The summed E-state index contributed by atoms with van der Waals surface area (Å²) in [7, 11) is 1.90. The van der Waals surface area contributed by atoms with Crippen molar-refractivity contribution in [3.05, 3.63) is 0 Å². The van der Waals surface area contributed by atoms with Crippen molar-refractivity contribution in [1.29, 1.82) is 0 Å². The molecule has 130 valence electrons. The molecule has 1 fully saturated rings. The summed E-state index contributed by atoms with van der Waals surface area (Å²) in [5, 5.41) is 8.93. The SMILES string of the molecule is CNCCCNC(=O)C1CCCN(C(=O)NCC(C)C)C1.Cl. The summed E-state index contributed by atoms with van der Waals surface area (Å²) in [5.74, 6) is 0.440. The number of rotatable bonds is 7. The summed E-state index contributed by atoms with van der Waals surface area (Å²) in [6.07, 6.45) is 2.68. The van der Waals surface area contributed by atoms with Crippen LogP contribution in [0.2, 0.25) is 0 Å². The standard InChI is InChI=1S/C15H30N4O2.ClH/c1-12(2)10-18-15(21)19-9-4-6-13(11-19)14(20)17-8-5-7-16-3;/h12-13,16H,4-11H2,1-3H3,(H,17,20)(H,18,21);1H. The third-order valence-electron chi connectivity index (χ3n) is 3.64. The van der Waals surface area contributed by atoms with Crippen molar-refractivity contribution in [3.8, 4) is 0 Å². The smallest absolute Gasteiger partial charge is 0.317 e. The zero-order valence-electron chi connectivity index (χ0n) is 14.0. The van der Waals surface area contributed by atoms with Gasteiger partial charge in [0.2, 0.25) is 5.91 Å². The van der Waals surface area contributed by atoms with Crippen molar-refractivity contribution >= 4 is 24.3 Å². The van der Waals surface area contributed by atoms with Crippen molar-refractivity contribution in [2.75, 3.05) is 39.8 Å². The first-order valence-electron chi connectivity index (χ1n) is 7.99. The first-order valence-corrected chi connectivity index (χ1v) is 7.99. The van der Waals surface area contributed by atoms with E-state index in [2.05, 4.69) is 29.8 Å². The van der Waals surface area contributed by atoms with E-state index >= 15 is 0 Å². The maximum atomic E-state index is 12.1. The quantitative estimate of drug-likeness (QED) is 0.613. The van der Waals surface area contributed by atoms with Gasteiger partial charge in [-0.15, -0.1) is 12.4 Å². The van der Waals surface area contributed by atoms with E-state index in [-0.39, 0.29) is 30.3 Å². The molecule has 0 aliphatic carbocycles. The Balaban J connectivity index is 0.00000441. The maximum absolute atomic E-state index is 12.1. The summed E-state index contributed by atoms with van der Waals surface area (Å²) in [5.41, 5.74) is 0. The Hall–Kier alpha value is -1.01. The van der Waals surface area contributed by atoms with Crippen molar-refractivity contribution in [2.24, 2.45) is 11.8 Å². The Morgan fingerprint density at radius 3 is 2.59 bits per heavy atom. The Morgan fingerprint density at radius 1 is 1.23 bits per heavy atom. The number of nitrogens with one attached hydrogen (secondary N) is 3. The van der Waals surface area contributed by atoms with Crippen LogP contribution < -0.4 is 16.0 Å². The van der Waals surface area contributed by atoms with Crippen molar-refractivity contribution in [2.45, 2.75) is 33.1 Å². The molecular formula is C15H31ClN4O2. The fraction of sp³-hybridized carbons (Fsp3) is 0.867. The van der Waals surface area contributed by atoms with Crippen LogP contribution in [0, 0.1) is 11.8 Å². The zero-order valence-corrected chi connectivity index (χ0v) is 14.8. The predicted octanol–water partition coefficient (Wildman–Crippen LogP) is 1.21. The van der Waals surface area contributed by atoms with Gasteiger partial charge in [-0.1, -0.05) is 13.8 Å². The summed E-state index contributed by atoms with van der Waals surface area (Å²) in [6, 6.07) is -0.0450. The monoisotopic (exact) mass is 334 g/mol. The molecule has 3 amide bonds. The molecule has 0 aromatic rings. The van der Waals surface area contributed by atoms with Crippen LogP contribution in [-0.2, 0) is 4.79 Å². The number of hydrogen-bond donors (Lipinski definition) is 3. The average Bonchev–Trinajstić information content (AvgIpc) is 2.49. The van der Waals surface area contributed by atoms with Crippen molar-refractivity contribution < 1.29 is 9.59 Å². The molecule has 0 aromatic carbocycles. The second kappa shape index (κ2) is 11.5. The molecule has 6 nitrogen and oxygen atoms in total. The van der Waals surface area contributed by atoms with Gasteiger partial charge >= 0.3 is 6.03 Å². The number of urea groups is 1. The second-order valence-corrected chi connectivity index (χ2v) is 6.11. The van der Waals surface area contributed by atoms with Gasteiger partial charge in [0.05, 0.1) is 5.92 Å². The van der Waals surface area contributed by atoms with Crippen LogP contribution in [0.4, 0.5) is 4.79 Å². The fourth-order valence-corrected chi connectivity index (χ4v) is 2.40. The molecular weight excluding hydrogens is 304 g/mol. The minimum Gasteiger partial charge on any atom is -0.356 e. The molecule has 7 heteroatoms. The highest BCUT2D eigenvalue weighted by molar-refractivity contribution is 5.85. The molecule has 1 heterocycles. The Bertz CT molecular complexity index is 340. The third-order valence-corrected chi connectivity index (χ3v) is 3.64. The fourth-order valence-electron chi connectivity index (χ4n) is 2.40. The zero-order chi connectivity index (χ0) is 15.7. The van der Waals surface area contributed by atoms with Crippen molar-refractivity contribution in [1.82, 2.24) is 20.9 Å². The number of hydrogen-bond acceptors (Lipinski definition) is 3. The molecule has 1 unspecified atom stereocenters. The van der Waals surface area contributed by atoms with E-state index < -0.39 is 0 Å². The number of carbonyl (C=O) groups excluding carboxylic acids is 2. The molecule has 3 N–H and O–H groups in total. The van der Waals surface area contributed by atoms with Crippen LogP contribution in [-0.4, -0.2) is 56.6 Å². The van der Waals surface area contributed by atoms with E-state index in [1.54, 1.807) is 4.90 Å². The molecule has 1 aliphatic rings. The Morgan fingerprint density at radius 2 is 1.95 bits per heavy atom. The van der Waals surface area contributed by atoms with Crippen LogP contribution in [0.25, 0.3) is 0 Å². The second-order valence-electron chi connectivity index (χ2n) is 6.11. The van der Waals surface area contributed by atoms with Gasteiger partial charge in [0, 0.05) is 26.2 Å². The number of carbonyl (C=O) groups is 2. The van der Waals surface area contributed by atoms with E-state index in [9.17, 15) is 9.59 Å². The molecule has 0 saturated carbocycles. The van der Waals surface area contributed by atoms with E-state index in [0.29, 0.717) is 25.6 Å². The predicted molar refractivity (Wildman–Crippen MR) is 91.3 cm³/mol. The minimum absolute atomic E-state index is 0. The molecule has 1 saturated heterocycles. The lowest BCUT2D eigenvalue weighted by Gasteiger charge is -2.32. The number of piperidine rings is 1. The van der Waals surface area contributed by atoms with Crippen LogP contribution in [0.3, 0.4) is 0 Å². The lowest BCUT2D eigenvalue weighted by Crippen LogP contribution is -2.49. The molecule has 1 rings (SSSR count). The first-order chi connectivity index (χ1) is 10.0. The Labute approximate surface area is 140 Å². The van der Waals surface area contributed by atoms with Gasteiger partial charge in [0.1, 0.15) is 0 Å².